The van der Waals surface area contributed by atoms with Crippen LogP contribution in [-0.4, -0.2) is 159 Å². The van der Waals surface area contributed by atoms with Crippen LogP contribution >= 0.6 is 34.8 Å². The summed E-state index contributed by atoms with van der Waals surface area (Å²) in [5.74, 6) is -3.15. The molecule has 0 bridgehead atoms. The molecule has 0 spiro atoms. The molecule has 0 saturated carbocycles. The molecule has 0 fully saturated rings. The third-order valence-corrected chi connectivity index (χ3v) is 3.58. The van der Waals surface area contributed by atoms with E-state index < -0.39 is 59.6 Å². The molecule has 1 atom stereocenters. The van der Waals surface area contributed by atoms with Crippen LogP contribution in [0.5, 0.6) is 0 Å². The number of hydrogen-bond donors (Lipinski definition) is 10. The number of aliphatic hydroxyl groups excluding tert-OH is 1. The van der Waals surface area contributed by atoms with Crippen molar-refractivity contribution in [2.24, 2.45) is 5.73 Å². The summed E-state index contributed by atoms with van der Waals surface area (Å²) in [6.07, 6.45) is -1.33. The van der Waals surface area contributed by atoms with Gasteiger partial charge in [-0.1, -0.05) is 7.43 Å². The van der Waals surface area contributed by atoms with Crippen molar-refractivity contribution in [3.63, 3.8) is 0 Å². The number of halogens is 3. The summed E-state index contributed by atoms with van der Waals surface area (Å²) in [5, 5.41) is 44.1. The van der Waals surface area contributed by atoms with Crippen LogP contribution < -0.4 is 258 Å². The summed E-state index contributed by atoms with van der Waals surface area (Å²) in [4.78, 5) is 59.2. The Morgan fingerprint density at radius 2 is 1.21 bits per heavy atom. The number of carboxylic acid groups (broad SMARTS) is 3. The summed E-state index contributed by atoms with van der Waals surface area (Å²) in [5.41, 5.74) is 7.07. The number of carboxylic acids is 3. The molecule has 245 valence electrons. The van der Waals surface area contributed by atoms with Gasteiger partial charge in [-0.05, 0) is 4.57 Å². The predicted molar refractivity (Wildman–Crippen MR) is 124 cm³/mol. The molecule has 0 amide bonds. The predicted octanol–water partition coefficient (Wildman–Crippen LogP) is -25.2. The van der Waals surface area contributed by atoms with Crippen molar-refractivity contribution in [1.29, 1.82) is 0 Å². The van der Waals surface area contributed by atoms with Gasteiger partial charge >= 0.3 is 241 Å². The number of nitrogens with one attached hydrogen (secondary N) is 1. The van der Waals surface area contributed by atoms with Crippen molar-refractivity contribution in [3.05, 3.63) is 0 Å². The van der Waals surface area contributed by atoms with Crippen molar-refractivity contribution in [1.82, 2.24) is 5.32 Å². The minimum Gasteiger partial charge on any atom is -1.00 e. The number of rotatable bonds is 9. The number of alkyl halides is 1. The van der Waals surface area contributed by atoms with Gasteiger partial charge in [-0.2, -0.15) is 4.67 Å². The molecule has 0 saturated heterocycles. The van der Waals surface area contributed by atoms with Crippen LogP contribution in [0.2, 0.25) is 0 Å². The molecule has 22 nitrogen and oxygen atoms in total. The zero-order valence-corrected chi connectivity index (χ0v) is 43.8. The van der Waals surface area contributed by atoms with Gasteiger partial charge in [-0.15, -0.1) is 11.6 Å². The number of aliphatic carboxylic acids is 3. The van der Waals surface area contributed by atoms with E-state index in [9.17, 15) is 38.4 Å². The largest absolute Gasteiger partial charge is 1.00 e. The maximum absolute atomic E-state index is 10.1. The van der Waals surface area contributed by atoms with E-state index in [2.05, 4.69) is 21.5 Å². The van der Waals surface area contributed by atoms with E-state index >= 15 is 0 Å². The molecular formula is C10H36Cl3K5N3O19P3+. The Morgan fingerprint density at radius 3 is 1.30 bits per heavy atom. The van der Waals surface area contributed by atoms with Crippen LogP contribution in [0, 0.1) is 0 Å². The number of aliphatic hydroxyl groups is 1. The number of carbonyl (C=O) groups excluding carboxylic acids is 1. The first-order valence-corrected chi connectivity index (χ1v) is 12.7. The van der Waals surface area contributed by atoms with E-state index in [4.69, 9.17) is 46.5 Å². The molecule has 18 N–H and O–H groups in total. The van der Waals surface area contributed by atoms with E-state index in [1.54, 1.807) is 0 Å². The Bertz CT molecular complexity index is 617. The topological polar surface area (TPSA) is 458 Å². The van der Waals surface area contributed by atoms with Gasteiger partial charge in [-0.3, -0.25) is 19.2 Å². The molecule has 33 heteroatoms. The van der Waals surface area contributed by atoms with E-state index in [-0.39, 0.29) is 326 Å². The maximum Gasteiger partial charge on any atom is 1.00 e. The van der Waals surface area contributed by atoms with Gasteiger partial charge in [-0.25, -0.2) is 4.79 Å². The average Bonchev–Trinajstić information content (AvgIpc) is 2.68. The van der Waals surface area contributed by atoms with Gasteiger partial charge in [0, 0.05) is 59.4 Å². The van der Waals surface area contributed by atoms with Crippen LogP contribution in [0.1, 0.15) is 8.85 Å². The quantitative estimate of drug-likeness (QED) is 0.0338. The summed E-state index contributed by atoms with van der Waals surface area (Å²) in [6, 6.07) is 0. The van der Waals surface area contributed by atoms with E-state index in [0.29, 0.717) is 0 Å². The summed E-state index contributed by atoms with van der Waals surface area (Å²) in [6.45, 7) is -0.746. The van der Waals surface area contributed by atoms with Crippen molar-refractivity contribution < 1.29 is 332 Å². The fourth-order valence-corrected chi connectivity index (χ4v) is 0.623. The van der Waals surface area contributed by atoms with Crippen molar-refractivity contribution in [3.8, 4) is 0 Å². The molecule has 0 aliphatic heterocycles. The summed E-state index contributed by atoms with van der Waals surface area (Å²) in [7, 11) is -10.3. The molecule has 0 aliphatic carbocycles. The fourth-order valence-electron chi connectivity index (χ4n) is 0.276. The molecule has 0 aliphatic rings. The standard InChI is InChI=1S/C3H6NO5P.2C2H5NO2.CH4ClO3P.CH5O4P.CH4.2ClH.5K.3H2O.H2/c5-3(6)1-4-2-10(8)9-7;2*3-1-2(4)5;2*2-1-6(3,4)5;;;;;;;;;;;;/h4H,1-2H2,(H-,5,6,7);2*1,3H2,(H,4,5);1H2,(H2,3,4,5);2H,1H2,(H2,3,4,5);1H4;2*1H;;;;;;3*1H2;1H/q;;;;;;;;;4*+1;;;;/p-3/i;;;;;;;;;;;;;;;;1+1. The summed E-state index contributed by atoms with van der Waals surface area (Å²) < 4.78 is 32.3. The van der Waals surface area contributed by atoms with E-state index in [0.717, 1.165) is 0 Å². The molecule has 0 aromatic heterocycles. The van der Waals surface area contributed by atoms with Gasteiger partial charge in [0.25, 0.3) is 0 Å². The minimum atomic E-state index is -4.09. The molecule has 1 unspecified atom stereocenters. The molecule has 43 heavy (non-hydrogen) atoms. The second-order valence-electron chi connectivity index (χ2n) is 4.20. The zero-order chi connectivity index (χ0) is 27.0. The molecule has 1 radical (unpaired) electrons. The number of quaternary nitrogens is 1. The fraction of sp³-hybridized carbons (Fsp3) is 0.700. The number of hydrogen-bond acceptors (Lipinski definition) is 13. The van der Waals surface area contributed by atoms with Crippen LogP contribution in [0.15, 0.2) is 0 Å². The molecule has 0 heterocycles. The van der Waals surface area contributed by atoms with Gasteiger partial charge in [0.15, 0.2) is 6.54 Å². The minimum absolute atomic E-state index is 0. The Kier molecular flexibility index (Phi) is 180. The van der Waals surface area contributed by atoms with Crippen LogP contribution in [-0.2, 0) is 32.8 Å². The maximum atomic E-state index is 10.1. The zero-order valence-electron chi connectivity index (χ0n) is 23.3. The monoisotopic (exact) mass is 896 g/mol. The van der Waals surface area contributed by atoms with E-state index in [1.807, 2.05) is 0 Å². The third-order valence-electron chi connectivity index (χ3n) is 1.32. The first-order valence-electron chi connectivity index (χ1n) is 7.17. The first-order chi connectivity index (χ1) is 14.3. The smallest absolute Gasteiger partial charge is 1.00 e. The SMILES string of the molecule is C.NCC(=O)O.O.O.O=C([O-])CNC[P+](=O)O[O-].O=P(O)(O)CCl.O=P(O)(O)CO.[2HH].[Cl-].[Cl-].[K+].[K+].[K+].[K+].[K].[NH3+]CC(=O)O.[OH-]. The van der Waals surface area contributed by atoms with Gasteiger partial charge in [0.05, 0.1) is 12.5 Å². The molecular weight excluding hydrogens is 861 g/mol. The number of nitrogens with two attached hydrogens (primary N) is 1. The first kappa shape index (κ1) is 104. The normalized spacial score (nSPS) is 7.60. The average molecular weight is 898 g/mol. The van der Waals surface area contributed by atoms with Crippen LogP contribution in [0.4, 0.5) is 0 Å². The summed E-state index contributed by atoms with van der Waals surface area (Å²) >= 11 is 4.71. The van der Waals surface area contributed by atoms with Crippen LogP contribution in [0.3, 0.4) is 0 Å². The second-order valence-corrected chi connectivity index (χ2v) is 9.22. The molecule has 0 aromatic carbocycles. The Balaban J connectivity index is -0.0000000132. The van der Waals surface area contributed by atoms with Gasteiger partial charge in [0.2, 0.25) is 6.29 Å². The Labute approximate surface area is 480 Å². The van der Waals surface area contributed by atoms with Crippen molar-refractivity contribution in [2.45, 2.75) is 7.43 Å². The van der Waals surface area contributed by atoms with Crippen molar-refractivity contribution in [2.75, 3.05) is 37.9 Å². The number of carbonyl (C=O) groups is 3. The van der Waals surface area contributed by atoms with Crippen LogP contribution in [0.25, 0.3) is 0 Å². The van der Waals surface area contributed by atoms with Gasteiger partial charge in [0.1, 0.15) is 12.0 Å². The molecule has 0 rings (SSSR count). The second kappa shape index (κ2) is 74.6. The molecule has 0 aromatic rings. The van der Waals surface area contributed by atoms with Crippen molar-refractivity contribution >= 4 is 104 Å². The van der Waals surface area contributed by atoms with Gasteiger partial charge < -0.3 is 103 Å². The van der Waals surface area contributed by atoms with E-state index in [1.165, 1.54) is 0 Å². The Morgan fingerprint density at radius 1 is 0.977 bits per heavy atom. The third kappa shape index (κ3) is 172. The Hall–Kier alpha value is 7.50.